The molecule has 1 N–H and O–H groups in total. The van der Waals surface area contributed by atoms with Crippen molar-refractivity contribution in [2.75, 3.05) is 13.2 Å². The molecule has 172 valence electrons. The number of amides is 1. The zero-order valence-electron chi connectivity index (χ0n) is 19.5. The first-order valence-corrected chi connectivity index (χ1v) is 11.8. The van der Waals surface area contributed by atoms with Gasteiger partial charge in [-0.05, 0) is 49.5 Å². The third kappa shape index (κ3) is 4.87. The van der Waals surface area contributed by atoms with E-state index in [1.807, 2.05) is 60.4 Å². The Labute approximate surface area is 195 Å². The molecule has 0 bridgehead atoms. The minimum Gasteiger partial charge on any atom is -0.466 e. The summed E-state index contributed by atoms with van der Waals surface area (Å²) in [6, 6.07) is 18.1. The second kappa shape index (κ2) is 10.1. The number of H-pyrrole nitrogens is 1. The fourth-order valence-electron chi connectivity index (χ4n) is 4.82. The van der Waals surface area contributed by atoms with Crippen molar-refractivity contribution in [3.63, 3.8) is 0 Å². The summed E-state index contributed by atoms with van der Waals surface area (Å²) in [7, 11) is 0. The summed E-state index contributed by atoms with van der Waals surface area (Å²) in [6.45, 7) is 5.67. The highest BCUT2D eigenvalue weighted by Gasteiger charge is 2.40. The Morgan fingerprint density at radius 1 is 1.12 bits per heavy atom. The molecule has 0 unspecified atom stereocenters. The number of fused-ring (bicyclic) bond motifs is 1. The van der Waals surface area contributed by atoms with Crippen LogP contribution in [0.3, 0.4) is 0 Å². The Hall–Kier alpha value is -3.34. The molecule has 1 aliphatic heterocycles. The average Bonchev–Trinajstić information content (AvgIpc) is 3.18. The third-order valence-electron chi connectivity index (χ3n) is 6.65. The fraction of sp³-hybridized carbons (Fsp3) is 0.357. The van der Waals surface area contributed by atoms with Crippen molar-refractivity contribution in [2.24, 2.45) is 5.41 Å². The molecule has 1 amide bonds. The van der Waals surface area contributed by atoms with E-state index in [0.29, 0.717) is 13.2 Å². The Morgan fingerprint density at radius 3 is 2.64 bits per heavy atom. The summed E-state index contributed by atoms with van der Waals surface area (Å²) < 4.78 is 5.20. The van der Waals surface area contributed by atoms with Crippen LogP contribution in [0.2, 0.25) is 0 Å². The minimum atomic E-state index is -0.536. The molecule has 33 heavy (non-hydrogen) atoms. The van der Waals surface area contributed by atoms with Gasteiger partial charge in [0.25, 0.3) is 0 Å². The Kier molecular flexibility index (Phi) is 6.97. The lowest BCUT2D eigenvalue weighted by Crippen LogP contribution is -2.47. The van der Waals surface area contributed by atoms with Crippen molar-refractivity contribution in [2.45, 2.75) is 46.1 Å². The highest BCUT2D eigenvalue weighted by molar-refractivity contribution is 5.92. The van der Waals surface area contributed by atoms with Crippen LogP contribution in [0.5, 0.6) is 0 Å². The Bertz CT molecular complexity index is 1150. The monoisotopic (exact) mass is 444 g/mol. The van der Waals surface area contributed by atoms with Crippen molar-refractivity contribution in [3.8, 4) is 0 Å². The largest absolute Gasteiger partial charge is 0.466 e. The molecule has 1 fully saturated rings. The van der Waals surface area contributed by atoms with E-state index >= 15 is 0 Å². The highest BCUT2D eigenvalue weighted by atomic mass is 16.5. The van der Waals surface area contributed by atoms with E-state index in [1.54, 1.807) is 0 Å². The van der Waals surface area contributed by atoms with Crippen LogP contribution in [-0.2, 0) is 27.3 Å². The summed E-state index contributed by atoms with van der Waals surface area (Å²) in [5, 5.41) is 1.01. The van der Waals surface area contributed by atoms with Crippen LogP contribution in [0.15, 0.2) is 60.7 Å². The maximum Gasteiger partial charge on any atom is 0.310 e. The van der Waals surface area contributed by atoms with Crippen molar-refractivity contribution in [1.82, 2.24) is 9.88 Å². The standard InChI is InChI=1S/C28H32N2O3/c1-3-28(16-10-18-30(27(28)32)20-21-11-6-5-7-12-21)17-15-25-23(19-26(31)33-4-2)22-13-8-9-14-24(22)29-25/h5-9,11-15,17,29H,3-4,10,16,18-20H2,1-2H3/b17-15+/t28-/m1/s1. The first-order valence-electron chi connectivity index (χ1n) is 11.8. The lowest BCUT2D eigenvalue weighted by molar-refractivity contribution is -0.144. The van der Waals surface area contributed by atoms with Crippen LogP contribution >= 0.6 is 0 Å². The van der Waals surface area contributed by atoms with Gasteiger partial charge in [-0.2, -0.15) is 0 Å². The lowest BCUT2D eigenvalue weighted by atomic mass is 9.76. The van der Waals surface area contributed by atoms with Crippen molar-refractivity contribution >= 4 is 28.9 Å². The Morgan fingerprint density at radius 2 is 1.88 bits per heavy atom. The zero-order chi connectivity index (χ0) is 23.3. The quantitative estimate of drug-likeness (QED) is 0.466. The number of esters is 1. The second-order valence-corrected chi connectivity index (χ2v) is 8.70. The lowest BCUT2D eigenvalue weighted by Gasteiger charge is -2.39. The maximum atomic E-state index is 13.6. The van der Waals surface area contributed by atoms with Crippen LogP contribution in [0.4, 0.5) is 0 Å². The molecule has 5 heteroatoms. The number of aromatic amines is 1. The predicted octanol–water partition coefficient (Wildman–Crippen LogP) is 5.51. The van der Waals surface area contributed by atoms with Gasteiger partial charge in [-0.1, -0.05) is 61.5 Å². The molecule has 1 aliphatic rings. The van der Waals surface area contributed by atoms with Gasteiger partial charge in [-0.3, -0.25) is 9.59 Å². The molecule has 2 heterocycles. The van der Waals surface area contributed by atoms with E-state index in [-0.39, 0.29) is 18.3 Å². The van der Waals surface area contributed by atoms with E-state index in [4.69, 9.17) is 4.74 Å². The molecule has 0 aliphatic carbocycles. The summed E-state index contributed by atoms with van der Waals surface area (Å²) >= 11 is 0. The normalized spacial score (nSPS) is 18.8. The number of nitrogens with zero attached hydrogens (tertiary/aromatic N) is 1. The number of para-hydroxylation sites is 1. The summed E-state index contributed by atoms with van der Waals surface area (Å²) in [5.74, 6) is -0.0655. The number of hydrogen-bond donors (Lipinski definition) is 1. The number of hydrogen-bond acceptors (Lipinski definition) is 3. The molecular weight excluding hydrogens is 412 g/mol. The number of rotatable bonds is 8. The maximum absolute atomic E-state index is 13.6. The van der Waals surface area contributed by atoms with Crippen LogP contribution in [0.1, 0.15) is 49.9 Å². The smallest absolute Gasteiger partial charge is 0.310 e. The highest BCUT2D eigenvalue weighted by Crippen LogP contribution is 2.38. The number of nitrogens with one attached hydrogen (secondary N) is 1. The molecule has 4 rings (SSSR count). The van der Waals surface area contributed by atoms with Gasteiger partial charge in [0.2, 0.25) is 5.91 Å². The number of ether oxygens (including phenoxy) is 1. The van der Waals surface area contributed by atoms with Gasteiger partial charge in [0.1, 0.15) is 0 Å². The third-order valence-corrected chi connectivity index (χ3v) is 6.65. The van der Waals surface area contributed by atoms with E-state index in [2.05, 4.69) is 30.1 Å². The van der Waals surface area contributed by atoms with Crippen molar-refractivity contribution < 1.29 is 14.3 Å². The van der Waals surface area contributed by atoms with Crippen LogP contribution < -0.4 is 0 Å². The number of piperidine rings is 1. The number of carbonyl (C=O) groups excluding carboxylic acids is 2. The molecule has 1 saturated heterocycles. The van der Waals surface area contributed by atoms with Gasteiger partial charge >= 0.3 is 5.97 Å². The van der Waals surface area contributed by atoms with Crippen molar-refractivity contribution in [3.05, 3.63) is 77.5 Å². The minimum absolute atomic E-state index is 0.180. The molecular formula is C28H32N2O3. The zero-order valence-corrected chi connectivity index (χ0v) is 19.5. The van der Waals surface area contributed by atoms with E-state index in [0.717, 1.165) is 53.5 Å². The molecule has 1 aromatic heterocycles. The molecule has 5 nitrogen and oxygen atoms in total. The van der Waals surface area contributed by atoms with Crippen molar-refractivity contribution in [1.29, 1.82) is 0 Å². The van der Waals surface area contributed by atoms with Gasteiger partial charge in [0.05, 0.1) is 18.4 Å². The van der Waals surface area contributed by atoms with Gasteiger partial charge in [0, 0.05) is 29.7 Å². The first-order chi connectivity index (χ1) is 16.1. The molecule has 0 saturated carbocycles. The fourth-order valence-corrected chi connectivity index (χ4v) is 4.82. The predicted molar refractivity (Wildman–Crippen MR) is 131 cm³/mol. The average molecular weight is 445 g/mol. The topological polar surface area (TPSA) is 62.4 Å². The number of carbonyl (C=O) groups is 2. The Balaban J connectivity index is 1.63. The first kappa shape index (κ1) is 22.8. The van der Waals surface area contributed by atoms with Gasteiger partial charge in [-0.25, -0.2) is 0 Å². The van der Waals surface area contributed by atoms with Crippen LogP contribution in [0, 0.1) is 5.41 Å². The van der Waals surface area contributed by atoms with E-state index in [9.17, 15) is 9.59 Å². The summed E-state index contributed by atoms with van der Waals surface area (Å²) in [6.07, 6.45) is 6.80. The molecule has 3 aromatic rings. The van der Waals surface area contributed by atoms with E-state index < -0.39 is 5.41 Å². The van der Waals surface area contributed by atoms with Gasteiger partial charge < -0.3 is 14.6 Å². The molecule has 0 spiro atoms. The summed E-state index contributed by atoms with van der Waals surface area (Å²) in [5.41, 5.74) is 3.36. The summed E-state index contributed by atoms with van der Waals surface area (Å²) in [4.78, 5) is 31.3. The molecule has 1 atom stereocenters. The van der Waals surface area contributed by atoms with Crippen LogP contribution in [0.25, 0.3) is 17.0 Å². The van der Waals surface area contributed by atoms with Crippen LogP contribution in [-0.4, -0.2) is 34.9 Å². The number of benzene rings is 2. The SMILES string of the molecule is CCOC(=O)Cc1c(/C=C/[C@@]2(CC)CCCN(Cc3ccccc3)C2=O)[nH]c2ccccc12. The van der Waals surface area contributed by atoms with Gasteiger partial charge in [-0.15, -0.1) is 0 Å². The molecule has 2 aromatic carbocycles. The van der Waals surface area contributed by atoms with E-state index in [1.165, 1.54) is 0 Å². The van der Waals surface area contributed by atoms with Gasteiger partial charge in [0.15, 0.2) is 0 Å². The number of aromatic nitrogens is 1. The number of likely N-dealkylation sites (tertiary alicyclic amines) is 1. The second-order valence-electron chi connectivity index (χ2n) is 8.70. The molecule has 0 radical (unpaired) electrons.